The van der Waals surface area contributed by atoms with Gasteiger partial charge in [0, 0.05) is 46.6 Å². The monoisotopic (exact) mass is 547 g/mol. The summed E-state index contributed by atoms with van der Waals surface area (Å²) in [5.74, 6) is 0.806. The highest BCUT2D eigenvalue weighted by atomic mass is 19.1. The molecule has 0 spiro atoms. The minimum Gasteiger partial charge on any atom is -0.403 e. The fourth-order valence-electron chi connectivity index (χ4n) is 5.66. The van der Waals surface area contributed by atoms with E-state index in [-0.39, 0.29) is 23.7 Å². The third kappa shape index (κ3) is 5.27. The SMILES string of the molecule is CC/C(=C\C(=C/N)NC(=O)CC(C)C)c1cnc2c(c1)C(c1cc3c(-c4cccc(F)c4)cccc3[nH]1)=C1C[C@H]1N2. The largest absolute Gasteiger partial charge is 0.403 e. The topological polar surface area (TPSA) is 95.8 Å². The van der Waals surface area contributed by atoms with Gasteiger partial charge in [-0.05, 0) is 83.0 Å². The molecule has 3 heterocycles. The van der Waals surface area contributed by atoms with Crippen LogP contribution in [0.3, 0.4) is 0 Å². The van der Waals surface area contributed by atoms with E-state index in [0.717, 1.165) is 68.7 Å². The number of benzene rings is 2. The number of aromatic amines is 1. The van der Waals surface area contributed by atoms with Crippen molar-refractivity contribution in [2.45, 2.75) is 46.1 Å². The number of hydrogen-bond acceptors (Lipinski definition) is 4. The van der Waals surface area contributed by atoms with E-state index >= 15 is 0 Å². The number of nitrogens with two attached hydrogens (primary N) is 1. The first kappa shape index (κ1) is 26.6. The smallest absolute Gasteiger partial charge is 0.224 e. The zero-order valence-electron chi connectivity index (χ0n) is 23.5. The van der Waals surface area contributed by atoms with Gasteiger partial charge in [0.1, 0.15) is 11.6 Å². The fourth-order valence-corrected chi connectivity index (χ4v) is 5.66. The van der Waals surface area contributed by atoms with Crippen LogP contribution >= 0.6 is 0 Å². The molecule has 1 aliphatic heterocycles. The molecule has 0 radical (unpaired) electrons. The molecular weight excluding hydrogens is 513 g/mol. The first-order valence-corrected chi connectivity index (χ1v) is 14.1. The number of aromatic nitrogens is 2. The number of H-pyrrole nitrogens is 1. The van der Waals surface area contributed by atoms with E-state index in [4.69, 9.17) is 10.7 Å². The Morgan fingerprint density at radius 1 is 1.17 bits per heavy atom. The maximum Gasteiger partial charge on any atom is 0.224 e. The van der Waals surface area contributed by atoms with E-state index in [1.54, 1.807) is 12.1 Å². The number of carbonyl (C=O) groups is 1. The molecule has 1 fully saturated rings. The molecule has 1 saturated carbocycles. The number of hydrogen-bond donors (Lipinski definition) is 4. The molecule has 6 rings (SSSR count). The van der Waals surface area contributed by atoms with Gasteiger partial charge in [0.2, 0.25) is 5.91 Å². The van der Waals surface area contributed by atoms with Gasteiger partial charge in [-0.2, -0.15) is 0 Å². The van der Waals surface area contributed by atoms with Crippen LogP contribution in [0.25, 0.3) is 33.2 Å². The average Bonchev–Trinajstić information content (AvgIpc) is 3.59. The molecule has 0 bridgehead atoms. The molecule has 2 aliphatic rings. The van der Waals surface area contributed by atoms with E-state index in [0.29, 0.717) is 12.1 Å². The summed E-state index contributed by atoms with van der Waals surface area (Å²) in [7, 11) is 0. The normalized spacial score (nSPS) is 16.5. The van der Waals surface area contributed by atoms with Gasteiger partial charge in [0.15, 0.2) is 0 Å². The van der Waals surface area contributed by atoms with Gasteiger partial charge in [-0.3, -0.25) is 4.79 Å². The molecule has 1 atom stereocenters. The van der Waals surface area contributed by atoms with Crippen LogP contribution in [0.4, 0.5) is 10.2 Å². The fraction of sp³-hybridized carbons (Fsp3) is 0.235. The lowest BCUT2D eigenvalue weighted by atomic mass is 9.95. The lowest BCUT2D eigenvalue weighted by Gasteiger charge is -2.19. The first-order valence-electron chi connectivity index (χ1n) is 14.1. The van der Waals surface area contributed by atoms with E-state index in [9.17, 15) is 9.18 Å². The predicted molar refractivity (Wildman–Crippen MR) is 164 cm³/mol. The zero-order valence-corrected chi connectivity index (χ0v) is 23.5. The van der Waals surface area contributed by atoms with Crippen molar-refractivity contribution in [3.8, 4) is 11.1 Å². The standard InChI is InChI=1S/C34H34FN5O/c1-4-20(13-24(17-36)38-32(41)11-19(2)3)22-14-28-33(27-16-30(27)40-34(28)37-18-22)31-15-26-25(9-6-10-29(26)39-31)21-7-5-8-23(35)12-21/h5-10,12-15,17-19,30,39H,4,11,16,36H2,1-3H3,(H,37,40)(H,38,41)/b20-13+,24-17+/t30-/m1/s1. The van der Waals surface area contributed by atoms with Crippen LogP contribution < -0.4 is 16.4 Å². The second kappa shape index (κ2) is 10.7. The van der Waals surface area contributed by atoms with Crippen molar-refractivity contribution in [3.63, 3.8) is 0 Å². The van der Waals surface area contributed by atoms with Gasteiger partial charge in [-0.1, -0.05) is 45.0 Å². The van der Waals surface area contributed by atoms with Crippen molar-refractivity contribution in [2.24, 2.45) is 11.7 Å². The van der Waals surface area contributed by atoms with Crippen LogP contribution in [0.2, 0.25) is 0 Å². The van der Waals surface area contributed by atoms with Crippen LogP contribution in [-0.2, 0) is 4.79 Å². The quantitative estimate of drug-likeness (QED) is 0.177. The molecule has 6 nitrogen and oxygen atoms in total. The van der Waals surface area contributed by atoms with Crippen molar-refractivity contribution < 1.29 is 9.18 Å². The Morgan fingerprint density at radius 3 is 2.76 bits per heavy atom. The van der Waals surface area contributed by atoms with Crippen molar-refractivity contribution in [2.75, 3.05) is 5.32 Å². The van der Waals surface area contributed by atoms with Crippen molar-refractivity contribution >= 4 is 33.8 Å². The Bertz CT molecular complexity index is 1760. The highest BCUT2D eigenvalue weighted by Gasteiger charge is 2.39. The lowest BCUT2D eigenvalue weighted by molar-refractivity contribution is -0.121. The number of amides is 1. The maximum atomic E-state index is 14.1. The number of halogens is 1. The number of nitrogens with one attached hydrogen (secondary N) is 3. The molecular formula is C34H34FN5O. The van der Waals surface area contributed by atoms with Crippen LogP contribution in [0.1, 0.15) is 56.9 Å². The first-order chi connectivity index (χ1) is 19.8. The van der Waals surface area contributed by atoms with Gasteiger partial charge in [0.25, 0.3) is 0 Å². The Morgan fingerprint density at radius 2 is 2.00 bits per heavy atom. The van der Waals surface area contributed by atoms with E-state index in [1.165, 1.54) is 17.8 Å². The molecule has 4 aromatic rings. The minimum absolute atomic E-state index is 0.0561. The van der Waals surface area contributed by atoms with E-state index in [1.807, 2.05) is 44.3 Å². The number of nitrogens with zero attached hydrogens (tertiary/aromatic N) is 1. The Hall–Kier alpha value is -4.65. The molecule has 1 aliphatic carbocycles. The molecule has 208 valence electrons. The van der Waals surface area contributed by atoms with Gasteiger partial charge >= 0.3 is 0 Å². The maximum absolute atomic E-state index is 14.1. The van der Waals surface area contributed by atoms with Crippen molar-refractivity contribution in [1.29, 1.82) is 0 Å². The van der Waals surface area contributed by atoms with Crippen molar-refractivity contribution in [3.05, 3.63) is 107 Å². The summed E-state index contributed by atoms with van der Waals surface area (Å²) in [4.78, 5) is 20.8. The summed E-state index contributed by atoms with van der Waals surface area (Å²) in [6.07, 6.45) is 7.38. The van der Waals surface area contributed by atoms with E-state index in [2.05, 4.69) is 40.7 Å². The van der Waals surface area contributed by atoms with Crippen LogP contribution in [0.15, 0.2) is 84.3 Å². The average molecular weight is 548 g/mol. The number of fused-ring (bicyclic) bond motifs is 3. The van der Waals surface area contributed by atoms with Gasteiger partial charge in [-0.25, -0.2) is 9.37 Å². The summed E-state index contributed by atoms with van der Waals surface area (Å²) in [6, 6.07) is 17.4. The number of carbonyl (C=O) groups excluding carboxylic acids is 1. The number of rotatable bonds is 8. The van der Waals surface area contributed by atoms with Crippen LogP contribution in [0, 0.1) is 11.7 Å². The summed E-state index contributed by atoms with van der Waals surface area (Å²) >= 11 is 0. The number of anilines is 1. The number of pyridine rings is 1. The third-order valence-electron chi connectivity index (χ3n) is 7.68. The summed E-state index contributed by atoms with van der Waals surface area (Å²) in [5, 5.41) is 7.54. The molecule has 5 N–H and O–H groups in total. The molecule has 41 heavy (non-hydrogen) atoms. The molecule has 7 heteroatoms. The lowest BCUT2D eigenvalue weighted by Crippen LogP contribution is -2.24. The molecule has 0 saturated heterocycles. The highest BCUT2D eigenvalue weighted by Crippen LogP contribution is 2.49. The summed E-state index contributed by atoms with van der Waals surface area (Å²) in [5.41, 5.74) is 15.9. The van der Waals surface area contributed by atoms with E-state index < -0.39 is 0 Å². The number of allylic oxidation sites excluding steroid dienone is 2. The van der Waals surface area contributed by atoms with Crippen molar-refractivity contribution in [1.82, 2.24) is 15.3 Å². The van der Waals surface area contributed by atoms with Gasteiger partial charge in [-0.15, -0.1) is 0 Å². The summed E-state index contributed by atoms with van der Waals surface area (Å²) in [6.45, 7) is 6.10. The van der Waals surface area contributed by atoms with Gasteiger partial charge in [0.05, 0.1) is 11.7 Å². The zero-order chi connectivity index (χ0) is 28.7. The summed E-state index contributed by atoms with van der Waals surface area (Å²) < 4.78 is 14.1. The predicted octanol–water partition coefficient (Wildman–Crippen LogP) is 7.12. The second-order valence-corrected chi connectivity index (χ2v) is 11.2. The van der Waals surface area contributed by atoms with Crippen LogP contribution in [0.5, 0.6) is 0 Å². The molecule has 2 aromatic heterocycles. The Kier molecular flexibility index (Phi) is 6.95. The molecule has 2 aromatic carbocycles. The second-order valence-electron chi connectivity index (χ2n) is 11.2. The third-order valence-corrected chi connectivity index (χ3v) is 7.68. The molecule has 0 unspecified atom stereocenters. The Labute approximate surface area is 239 Å². The highest BCUT2D eigenvalue weighted by molar-refractivity contribution is 6.01. The minimum atomic E-state index is -0.251. The van der Waals surface area contributed by atoms with Crippen LogP contribution in [-0.4, -0.2) is 21.9 Å². The van der Waals surface area contributed by atoms with Gasteiger partial charge < -0.3 is 21.4 Å². The molecule has 1 amide bonds. The Balaban J connectivity index is 1.39.